The van der Waals surface area contributed by atoms with Crippen molar-refractivity contribution in [3.05, 3.63) is 97.5 Å². The monoisotopic (exact) mass is 759 g/mol. The molecule has 0 N–H and O–H groups in total. The molecule has 0 atom stereocenters. The second-order valence-electron chi connectivity index (χ2n) is 16.7. The lowest BCUT2D eigenvalue weighted by atomic mass is 9.67. The second kappa shape index (κ2) is 16.7. The van der Waals surface area contributed by atoms with Gasteiger partial charge >= 0.3 is 5.97 Å². The molecule has 296 valence electrons. The normalized spacial score (nSPS) is 17.1. The van der Waals surface area contributed by atoms with Crippen LogP contribution in [0.2, 0.25) is 0 Å². The van der Waals surface area contributed by atoms with E-state index in [0.717, 1.165) is 92.2 Å². The van der Waals surface area contributed by atoms with Gasteiger partial charge < -0.3 is 19.6 Å². The van der Waals surface area contributed by atoms with Gasteiger partial charge in [0.2, 0.25) is 5.36 Å². The maximum atomic E-state index is 13.3. The van der Waals surface area contributed by atoms with Gasteiger partial charge in [-0.3, -0.25) is 9.59 Å². The van der Waals surface area contributed by atoms with Crippen molar-refractivity contribution in [2.75, 3.05) is 31.1 Å². The van der Waals surface area contributed by atoms with E-state index in [0.29, 0.717) is 10.6 Å². The first kappa shape index (κ1) is 39.4. The number of rotatable bonds is 15. The SMILES string of the molecule is CCCCCCC[N+]1=c2cc3c(cc2CCC1)=C(c1ccc(C(=O)ON2C(=O)CCC2=O)cc1C(=O)[O-])c1cc2c(cc1C3(C)C)N(CCCCCC)CCC2. The average molecular weight is 760 g/mol. The topological polar surface area (TPSA) is 110 Å². The van der Waals surface area contributed by atoms with E-state index in [4.69, 9.17) is 4.84 Å². The number of unbranched alkanes of at least 4 members (excludes halogenated alkanes) is 7. The van der Waals surface area contributed by atoms with Crippen LogP contribution in [0.5, 0.6) is 0 Å². The van der Waals surface area contributed by atoms with Crippen LogP contribution >= 0.6 is 0 Å². The predicted octanol–water partition coefficient (Wildman–Crippen LogP) is 5.90. The number of benzene rings is 3. The molecule has 3 aliphatic heterocycles. The van der Waals surface area contributed by atoms with Gasteiger partial charge in [-0.15, -0.1) is 5.06 Å². The molecule has 0 saturated carbocycles. The molecule has 3 heterocycles. The van der Waals surface area contributed by atoms with E-state index in [-0.39, 0.29) is 24.0 Å². The summed E-state index contributed by atoms with van der Waals surface area (Å²) in [6, 6.07) is 13.8. The fourth-order valence-electron chi connectivity index (χ4n) is 9.40. The van der Waals surface area contributed by atoms with Gasteiger partial charge in [-0.25, -0.2) is 9.37 Å². The van der Waals surface area contributed by atoms with Gasteiger partial charge in [0.1, 0.15) is 13.1 Å². The van der Waals surface area contributed by atoms with Gasteiger partial charge in [-0.1, -0.05) is 72.3 Å². The number of aromatic carboxylic acids is 1. The molecule has 1 saturated heterocycles. The number of hydroxylamine groups is 2. The number of aryl methyl sites for hydroxylation is 2. The molecule has 1 fully saturated rings. The van der Waals surface area contributed by atoms with Gasteiger partial charge in [0.15, 0.2) is 0 Å². The van der Waals surface area contributed by atoms with Crippen LogP contribution in [-0.2, 0) is 32.7 Å². The lowest BCUT2D eigenvalue weighted by Gasteiger charge is -2.39. The Morgan fingerprint density at radius 1 is 0.786 bits per heavy atom. The fraction of sp³-hybridized carbons (Fsp3) is 0.511. The maximum absolute atomic E-state index is 13.3. The highest BCUT2D eigenvalue weighted by molar-refractivity contribution is 6.04. The minimum absolute atomic E-state index is 0.0381. The summed E-state index contributed by atoms with van der Waals surface area (Å²) in [6.45, 7) is 13.2. The van der Waals surface area contributed by atoms with Crippen molar-refractivity contribution >= 4 is 35.0 Å². The molecule has 7 rings (SSSR count). The molecule has 0 bridgehead atoms. The van der Waals surface area contributed by atoms with Crippen LogP contribution in [0.25, 0.3) is 5.57 Å². The van der Waals surface area contributed by atoms with Gasteiger partial charge in [-0.2, -0.15) is 0 Å². The number of amides is 2. The predicted molar refractivity (Wildman–Crippen MR) is 216 cm³/mol. The van der Waals surface area contributed by atoms with E-state index in [1.165, 1.54) is 79.3 Å². The van der Waals surface area contributed by atoms with E-state index < -0.39 is 29.2 Å². The molecule has 9 heteroatoms. The van der Waals surface area contributed by atoms with Crippen LogP contribution < -0.4 is 25.2 Å². The molecule has 0 radical (unpaired) electrons. The molecule has 2 amide bonds. The van der Waals surface area contributed by atoms with E-state index in [1.54, 1.807) is 6.07 Å². The molecular formula is C47H57N3O6. The number of nitrogens with zero attached hydrogens (tertiary/aromatic N) is 3. The lowest BCUT2D eigenvalue weighted by molar-refractivity contribution is -0.255. The largest absolute Gasteiger partial charge is 0.545 e. The Bertz CT molecular complexity index is 2170. The minimum atomic E-state index is -1.42. The second-order valence-corrected chi connectivity index (χ2v) is 16.7. The van der Waals surface area contributed by atoms with Crippen molar-refractivity contribution in [2.24, 2.45) is 0 Å². The number of hydrogen-bond acceptors (Lipinski definition) is 7. The number of anilines is 1. The van der Waals surface area contributed by atoms with Crippen LogP contribution in [0, 0.1) is 0 Å². The van der Waals surface area contributed by atoms with Crippen molar-refractivity contribution in [3.63, 3.8) is 0 Å². The molecule has 3 aromatic carbocycles. The zero-order chi connectivity index (χ0) is 39.6. The molecular weight excluding hydrogens is 703 g/mol. The van der Waals surface area contributed by atoms with Crippen molar-refractivity contribution in [3.8, 4) is 0 Å². The number of imide groups is 1. The van der Waals surface area contributed by atoms with Crippen molar-refractivity contribution in [2.45, 2.75) is 129 Å². The molecule has 56 heavy (non-hydrogen) atoms. The summed E-state index contributed by atoms with van der Waals surface area (Å²) in [5.74, 6) is -3.60. The summed E-state index contributed by atoms with van der Waals surface area (Å²) in [6.07, 6.45) is 14.8. The summed E-state index contributed by atoms with van der Waals surface area (Å²) >= 11 is 0. The number of carbonyl (C=O) groups is 4. The Labute approximate surface area is 331 Å². The third-order valence-electron chi connectivity index (χ3n) is 12.5. The first-order chi connectivity index (χ1) is 27.0. The van der Waals surface area contributed by atoms with Crippen LogP contribution in [0.3, 0.4) is 0 Å². The highest BCUT2D eigenvalue weighted by Gasteiger charge is 2.38. The highest BCUT2D eigenvalue weighted by Crippen LogP contribution is 2.44. The summed E-state index contributed by atoms with van der Waals surface area (Å²) in [5.41, 5.74) is 7.78. The summed E-state index contributed by atoms with van der Waals surface area (Å²) < 4.78 is 2.56. The lowest BCUT2D eigenvalue weighted by Crippen LogP contribution is -2.43. The Kier molecular flexibility index (Phi) is 11.8. The van der Waals surface area contributed by atoms with Gasteiger partial charge in [0.05, 0.1) is 11.5 Å². The number of carboxylic acid groups (broad SMARTS) is 1. The van der Waals surface area contributed by atoms with Crippen LogP contribution in [0.1, 0.15) is 165 Å². The van der Waals surface area contributed by atoms with Crippen molar-refractivity contribution in [1.29, 1.82) is 0 Å². The Hall–Kier alpha value is -4.79. The van der Waals surface area contributed by atoms with Crippen LogP contribution in [0.4, 0.5) is 5.69 Å². The minimum Gasteiger partial charge on any atom is -0.545 e. The molecule has 0 unspecified atom stereocenters. The van der Waals surface area contributed by atoms with E-state index in [9.17, 15) is 24.3 Å². The average Bonchev–Trinajstić information content (AvgIpc) is 3.50. The number of hydrogen-bond donors (Lipinski definition) is 0. The molecule has 0 aromatic heterocycles. The molecule has 4 aliphatic rings. The van der Waals surface area contributed by atoms with Crippen molar-refractivity contribution in [1.82, 2.24) is 9.64 Å². The maximum Gasteiger partial charge on any atom is 0.363 e. The molecule has 0 spiro atoms. The summed E-state index contributed by atoms with van der Waals surface area (Å²) in [5, 5.41) is 15.9. The van der Waals surface area contributed by atoms with E-state index in [1.807, 2.05) is 0 Å². The zero-order valence-corrected chi connectivity index (χ0v) is 33.8. The Morgan fingerprint density at radius 2 is 1.50 bits per heavy atom. The van der Waals surface area contributed by atoms with Gasteiger partial charge in [0.25, 0.3) is 11.8 Å². The Balaban J connectivity index is 1.41. The zero-order valence-electron chi connectivity index (χ0n) is 33.8. The van der Waals surface area contributed by atoms with Gasteiger partial charge in [-0.05, 0) is 101 Å². The fourth-order valence-corrected chi connectivity index (χ4v) is 9.40. The Morgan fingerprint density at radius 3 is 2.23 bits per heavy atom. The third kappa shape index (κ3) is 7.66. The molecule has 3 aromatic rings. The number of fused-ring (bicyclic) bond motifs is 4. The van der Waals surface area contributed by atoms with Crippen LogP contribution in [-0.4, -0.2) is 55.0 Å². The van der Waals surface area contributed by atoms with E-state index in [2.05, 4.69) is 61.4 Å². The van der Waals surface area contributed by atoms with Crippen LogP contribution in [0.15, 0.2) is 42.5 Å². The summed E-state index contributed by atoms with van der Waals surface area (Å²) in [4.78, 5) is 58.5. The molecule has 1 aliphatic carbocycles. The van der Waals surface area contributed by atoms with E-state index >= 15 is 0 Å². The first-order valence-electron chi connectivity index (χ1n) is 21.2. The van der Waals surface area contributed by atoms with Gasteiger partial charge in [0, 0.05) is 67.1 Å². The first-order valence-corrected chi connectivity index (χ1v) is 21.2. The van der Waals surface area contributed by atoms with Crippen molar-refractivity contribution < 1.29 is 29.1 Å². The molecule has 9 nitrogen and oxygen atoms in total. The number of carboxylic acids is 1. The smallest absolute Gasteiger partial charge is 0.363 e. The number of carbonyl (C=O) groups excluding carboxylic acids is 4. The highest BCUT2D eigenvalue weighted by atomic mass is 16.7. The standard InChI is InChI=1S/C47H57N3O6/c1-5-7-9-11-13-23-49-25-15-17-32-27-37-39(30-41(32)49)47(3,4)38-29-40-31(16-14-24-48(40)22-12-10-8-6-2)26-36(38)44(37)34-19-18-33(28-35(34)45(53)54)46(55)56-50-42(51)20-21-43(50)52/h18-19,26-30H,5-17,20-25H2,1-4H3. The quantitative estimate of drug-likeness (QED) is 0.108. The summed E-state index contributed by atoms with van der Waals surface area (Å²) in [7, 11) is 0. The third-order valence-corrected chi connectivity index (χ3v) is 12.5.